The maximum atomic E-state index is 14.5. The lowest BCUT2D eigenvalue weighted by molar-refractivity contribution is 0.597. The van der Waals surface area contributed by atoms with Gasteiger partial charge in [0.25, 0.3) is 0 Å². The third kappa shape index (κ3) is 3.87. The average molecular weight is 528 g/mol. The number of para-hydroxylation sites is 2. The van der Waals surface area contributed by atoms with Crippen LogP contribution in [0.3, 0.4) is 0 Å². The van der Waals surface area contributed by atoms with Gasteiger partial charge in [-0.1, -0.05) is 81.9 Å². The Hall–Kier alpha value is -4.36. The summed E-state index contributed by atoms with van der Waals surface area (Å²) in [5, 5.41) is 14.0. The van der Waals surface area contributed by atoms with E-state index in [2.05, 4.69) is 10.6 Å². The molecule has 0 atom stereocenters. The van der Waals surface area contributed by atoms with Gasteiger partial charge >= 0.3 is 15.6 Å². The number of benzene rings is 6. The zero-order chi connectivity index (χ0) is 25.6. The third-order valence-electron chi connectivity index (χ3n) is 6.95. The van der Waals surface area contributed by atoms with Gasteiger partial charge in [0, 0.05) is 12.1 Å². The van der Waals surface area contributed by atoms with Gasteiger partial charge in [0.15, 0.2) is 0 Å². The number of anilines is 4. The second kappa shape index (κ2) is 9.19. The van der Waals surface area contributed by atoms with Crippen LogP contribution in [0.25, 0.3) is 21.5 Å². The minimum Gasteiger partial charge on any atom is -0.348 e. The fourth-order valence-corrected chi connectivity index (χ4v) is 7.91. The molecule has 4 nitrogen and oxygen atoms in total. The summed E-state index contributed by atoms with van der Waals surface area (Å²) in [6, 6.07) is 39.5. The van der Waals surface area contributed by atoms with E-state index >= 15 is 0 Å². The molecule has 0 amide bonds. The first kappa shape index (κ1) is 22.8. The van der Waals surface area contributed by atoms with E-state index in [-0.39, 0.29) is 0 Å². The van der Waals surface area contributed by atoms with Crippen molar-refractivity contribution in [2.24, 2.45) is 0 Å². The molecule has 6 aromatic rings. The summed E-state index contributed by atoms with van der Waals surface area (Å²) >= 11 is 0. The normalized spacial score (nSPS) is 14.6. The molecule has 2 N–H and O–H groups in total. The predicted octanol–water partition coefficient (Wildman–Crippen LogP) is 7.35. The number of rotatable bonds is 0. The fourth-order valence-electron chi connectivity index (χ4n) is 5.06. The van der Waals surface area contributed by atoms with E-state index < -0.39 is 15.6 Å². The van der Waals surface area contributed by atoms with Crippen LogP contribution in [-0.4, -0.2) is 0 Å². The Bertz CT molecular complexity index is 1800. The summed E-state index contributed by atoms with van der Waals surface area (Å²) < 4.78 is 28.6. The first-order valence-corrected chi connectivity index (χ1v) is 14.9. The van der Waals surface area contributed by atoms with Crippen molar-refractivity contribution < 1.29 is 9.13 Å². The number of hydrogen-bond donors (Lipinski definition) is 2. The smallest absolute Gasteiger partial charge is 0.348 e. The lowest BCUT2D eigenvalue weighted by Crippen LogP contribution is -2.20. The highest BCUT2D eigenvalue weighted by Crippen LogP contribution is 2.37. The van der Waals surface area contributed by atoms with Crippen LogP contribution in [0, 0.1) is 0 Å². The number of hydrogen-bond acceptors (Lipinski definition) is 4. The molecule has 0 aliphatic carbocycles. The van der Waals surface area contributed by atoms with Gasteiger partial charge in [0.2, 0.25) is 21.2 Å². The van der Waals surface area contributed by atoms with E-state index in [4.69, 9.17) is 0 Å². The van der Waals surface area contributed by atoms with Crippen molar-refractivity contribution in [3.05, 3.63) is 121 Å². The highest BCUT2D eigenvalue weighted by molar-refractivity contribution is 7.62. The Morgan fingerprint density at radius 2 is 0.711 bits per heavy atom. The van der Waals surface area contributed by atoms with Gasteiger partial charge in [0.05, 0.1) is 22.7 Å². The molecule has 6 aromatic carbocycles. The largest absolute Gasteiger partial charge is 0.419 e. The molecule has 7 rings (SSSR count). The van der Waals surface area contributed by atoms with Crippen LogP contribution in [0.4, 0.5) is 22.7 Å². The molecule has 0 saturated carbocycles. The van der Waals surface area contributed by atoms with Crippen LogP contribution in [0.2, 0.25) is 0 Å². The second-order valence-corrected chi connectivity index (χ2v) is 12.4. The van der Waals surface area contributed by atoms with Crippen LogP contribution in [0.1, 0.15) is 0 Å². The molecule has 0 unspecified atom stereocenters. The van der Waals surface area contributed by atoms with Crippen molar-refractivity contribution in [3.63, 3.8) is 0 Å². The minimum atomic E-state index is -2.00. The quantitative estimate of drug-likeness (QED) is 0.202. The zero-order valence-corrected chi connectivity index (χ0v) is 22.0. The highest BCUT2D eigenvalue weighted by Gasteiger charge is 2.36. The van der Waals surface area contributed by atoms with Crippen molar-refractivity contribution in [1.82, 2.24) is 0 Å². The second-order valence-electron chi connectivity index (χ2n) is 9.31. The molecule has 1 aliphatic heterocycles. The lowest BCUT2D eigenvalue weighted by atomic mass is 10.1. The van der Waals surface area contributed by atoms with Crippen LogP contribution in [0.5, 0.6) is 0 Å². The van der Waals surface area contributed by atoms with Gasteiger partial charge in [-0.15, -0.1) is 0 Å². The fraction of sp³-hybridized carbons (Fsp3) is 0. The van der Waals surface area contributed by atoms with Gasteiger partial charge in [0.1, 0.15) is 0 Å². The van der Waals surface area contributed by atoms with Crippen LogP contribution < -0.4 is 31.9 Å². The molecule has 0 bridgehead atoms. The Balaban J connectivity index is 1.56. The maximum absolute atomic E-state index is 14.5. The first-order chi connectivity index (χ1) is 18.7. The van der Waals surface area contributed by atoms with Crippen LogP contribution in [-0.2, 0) is 9.13 Å². The predicted molar refractivity (Wildman–Crippen MR) is 161 cm³/mol. The van der Waals surface area contributed by atoms with E-state index in [0.29, 0.717) is 21.2 Å². The zero-order valence-electron chi connectivity index (χ0n) is 20.3. The third-order valence-corrected chi connectivity index (χ3v) is 10.2. The average Bonchev–Trinajstić information content (AvgIpc) is 2.96. The lowest BCUT2D eigenvalue weighted by Gasteiger charge is -2.13. The monoisotopic (exact) mass is 528 g/mol. The standard InChI is InChI=1S/C32H22N2O2P2/c35-37-29-15-7-5-13-25(29)33-27-17-21-9-1-3-11-23(21)19-31(27)38(36)32-20-24-12-4-2-10-22(24)18-28(32)34-26-14-6-8-16-30(26)37/h1-20,33-34H/q+2. The number of fused-ring (bicyclic) bond motifs is 6. The van der Waals surface area contributed by atoms with E-state index in [0.717, 1.165) is 44.3 Å². The van der Waals surface area contributed by atoms with Crippen molar-refractivity contribution in [3.8, 4) is 0 Å². The van der Waals surface area contributed by atoms with Gasteiger partial charge in [-0.05, 0) is 57.9 Å². The van der Waals surface area contributed by atoms with Gasteiger partial charge < -0.3 is 10.6 Å². The molecule has 0 fully saturated rings. The van der Waals surface area contributed by atoms with E-state index in [1.54, 1.807) is 0 Å². The van der Waals surface area contributed by atoms with Crippen molar-refractivity contribution >= 4 is 81.1 Å². The Morgan fingerprint density at radius 1 is 0.368 bits per heavy atom. The topological polar surface area (TPSA) is 58.2 Å². The summed E-state index contributed by atoms with van der Waals surface area (Å²) in [6.45, 7) is 0. The molecule has 38 heavy (non-hydrogen) atoms. The van der Waals surface area contributed by atoms with E-state index in [1.807, 2.05) is 121 Å². The summed E-state index contributed by atoms with van der Waals surface area (Å²) in [6.07, 6.45) is 0. The molecule has 0 saturated heterocycles. The molecule has 0 spiro atoms. The molecule has 0 radical (unpaired) electrons. The molecular formula is C32H22N2O2P2+2. The molecule has 1 heterocycles. The van der Waals surface area contributed by atoms with Crippen LogP contribution >= 0.6 is 15.6 Å². The maximum Gasteiger partial charge on any atom is 0.419 e. The highest BCUT2D eigenvalue weighted by atomic mass is 31.1. The van der Waals surface area contributed by atoms with E-state index in [1.165, 1.54) is 0 Å². The molecular weight excluding hydrogens is 506 g/mol. The van der Waals surface area contributed by atoms with E-state index in [9.17, 15) is 9.13 Å². The number of nitrogens with one attached hydrogen (secondary N) is 2. The minimum absolute atomic E-state index is 0.699. The van der Waals surface area contributed by atoms with Gasteiger partial charge in [-0.3, -0.25) is 0 Å². The Kier molecular flexibility index (Phi) is 5.51. The first-order valence-electron chi connectivity index (χ1n) is 12.4. The summed E-state index contributed by atoms with van der Waals surface area (Å²) in [7, 11) is -3.92. The van der Waals surface area contributed by atoms with Crippen molar-refractivity contribution in [1.29, 1.82) is 0 Å². The SMILES string of the molecule is O=[P+]1c2ccccc2Nc2cc3ccccc3cc2[P+](=O)c2cc3ccccc3cc2Nc2ccccc21. The molecule has 1 aliphatic rings. The Morgan fingerprint density at radius 3 is 1.16 bits per heavy atom. The van der Waals surface area contributed by atoms with Crippen LogP contribution in [0.15, 0.2) is 121 Å². The van der Waals surface area contributed by atoms with Gasteiger partial charge in [-0.25, -0.2) is 0 Å². The summed E-state index contributed by atoms with van der Waals surface area (Å²) in [5.41, 5.74) is 2.97. The van der Waals surface area contributed by atoms with Crippen molar-refractivity contribution in [2.45, 2.75) is 0 Å². The molecule has 6 heteroatoms. The van der Waals surface area contributed by atoms with Crippen molar-refractivity contribution in [2.75, 3.05) is 10.6 Å². The summed E-state index contributed by atoms with van der Waals surface area (Å²) in [4.78, 5) is 0. The molecule has 180 valence electrons. The molecule has 0 aromatic heterocycles. The van der Waals surface area contributed by atoms with Gasteiger partial charge in [-0.2, -0.15) is 0 Å². The summed E-state index contributed by atoms with van der Waals surface area (Å²) in [5.74, 6) is 0. The Labute approximate surface area is 221 Å².